The summed E-state index contributed by atoms with van der Waals surface area (Å²) in [5, 5.41) is 8.85. The monoisotopic (exact) mass is 202 g/mol. The molecule has 0 fully saturated rings. The van der Waals surface area contributed by atoms with Gasteiger partial charge < -0.3 is 14.6 Å². The molecule has 0 saturated carbocycles. The first-order chi connectivity index (χ1) is 6.66. The molecule has 0 rings (SSSR count). The number of hydrogen-bond donors (Lipinski definition) is 1. The molecule has 0 radical (unpaired) electrons. The zero-order valence-corrected chi connectivity index (χ0v) is 8.57. The number of aliphatic hydroxyl groups is 1. The second kappa shape index (κ2) is 8.72. The number of esters is 1. The minimum atomic E-state index is -0.423. The van der Waals surface area contributed by atoms with Gasteiger partial charge in [0, 0.05) is 12.7 Å². The number of aliphatic hydroxyl groups excluding tert-OH is 1. The van der Waals surface area contributed by atoms with Crippen LogP contribution in [0.3, 0.4) is 0 Å². The van der Waals surface area contributed by atoms with Crippen molar-refractivity contribution in [3.63, 3.8) is 0 Å². The Bertz CT molecular complexity index is 166. The molecule has 0 saturated heterocycles. The zero-order chi connectivity index (χ0) is 10.8. The second-order valence-corrected chi connectivity index (χ2v) is 3.00. The highest BCUT2D eigenvalue weighted by molar-refractivity contribution is 5.81. The topological polar surface area (TPSA) is 55.8 Å². The van der Waals surface area contributed by atoms with Gasteiger partial charge in [0.2, 0.25) is 0 Å². The van der Waals surface area contributed by atoms with Crippen LogP contribution in [0.25, 0.3) is 0 Å². The predicted molar refractivity (Wildman–Crippen MR) is 52.9 cm³/mol. The third-order valence-corrected chi connectivity index (χ3v) is 1.45. The third kappa shape index (κ3) is 9.22. The SMILES string of the molecule is C=CC(=O)OCCCCOCC(C)O. The lowest BCUT2D eigenvalue weighted by molar-refractivity contribution is -0.137. The second-order valence-electron chi connectivity index (χ2n) is 3.00. The average molecular weight is 202 g/mol. The van der Waals surface area contributed by atoms with Crippen molar-refractivity contribution in [1.29, 1.82) is 0 Å². The molecule has 0 aromatic heterocycles. The lowest BCUT2D eigenvalue weighted by Crippen LogP contribution is -2.11. The number of hydrogen-bond acceptors (Lipinski definition) is 4. The van der Waals surface area contributed by atoms with E-state index in [2.05, 4.69) is 6.58 Å². The first-order valence-electron chi connectivity index (χ1n) is 4.71. The lowest BCUT2D eigenvalue weighted by atomic mass is 10.3. The van der Waals surface area contributed by atoms with Crippen LogP contribution in [0.2, 0.25) is 0 Å². The van der Waals surface area contributed by atoms with Gasteiger partial charge in [-0.1, -0.05) is 6.58 Å². The van der Waals surface area contributed by atoms with E-state index < -0.39 is 12.1 Å². The number of unbranched alkanes of at least 4 members (excludes halogenated alkanes) is 1. The van der Waals surface area contributed by atoms with E-state index in [1.165, 1.54) is 0 Å². The Labute approximate surface area is 84.5 Å². The summed E-state index contributed by atoms with van der Waals surface area (Å²) in [6, 6.07) is 0. The minimum Gasteiger partial charge on any atom is -0.463 e. The number of carbonyl (C=O) groups excluding carboxylic acids is 1. The van der Waals surface area contributed by atoms with Crippen LogP contribution in [-0.4, -0.2) is 37.0 Å². The quantitative estimate of drug-likeness (QED) is 0.361. The Balaban J connectivity index is 3.06. The van der Waals surface area contributed by atoms with Crippen molar-refractivity contribution in [2.75, 3.05) is 19.8 Å². The van der Waals surface area contributed by atoms with Crippen molar-refractivity contribution >= 4 is 5.97 Å². The molecule has 4 nitrogen and oxygen atoms in total. The predicted octanol–water partition coefficient (Wildman–Crippen LogP) is 0.893. The van der Waals surface area contributed by atoms with E-state index >= 15 is 0 Å². The largest absolute Gasteiger partial charge is 0.463 e. The van der Waals surface area contributed by atoms with E-state index in [-0.39, 0.29) is 0 Å². The molecule has 0 aliphatic heterocycles. The maximum absolute atomic E-state index is 10.6. The fraction of sp³-hybridized carbons (Fsp3) is 0.700. The van der Waals surface area contributed by atoms with Crippen LogP contribution in [0.15, 0.2) is 12.7 Å². The van der Waals surface area contributed by atoms with Gasteiger partial charge in [0.15, 0.2) is 0 Å². The van der Waals surface area contributed by atoms with Gasteiger partial charge in [0.05, 0.1) is 19.3 Å². The van der Waals surface area contributed by atoms with E-state index in [9.17, 15) is 4.79 Å². The molecule has 14 heavy (non-hydrogen) atoms. The summed E-state index contributed by atoms with van der Waals surface area (Å²) in [6.45, 7) is 6.28. The molecular weight excluding hydrogens is 184 g/mol. The molecular formula is C10H18O4. The molecule has 0 aliphatic carbocycles. The highest BCUT2D eigenvalue weighted by atomic mass is 16.5. The summed E-state index contributed by atoms with van der Waals surface area (Å²) in [5.41, 5.74) is 0. The van der Waals surface area contributed by atoms with E-state index in [1.54, 1.807) is 6.92 Å². The normalized spacial score (nSPS) is 12.1. The molecule has 0 heterocycles. The lowest BCUT2D eigenvalue weighted by Gasteiger charge is -2.05. The molecule has 4 heteroatoms. The highest BCUT2D eigenvalue weighted by Gasteiger charge is 1.97. The summed E-state index contributed by atoms with van der Waals surface area (Å²) >= 11 is 0. The van der Waals surface area contributed by atoms with Crippen LogP contribution in [0.4, 0.5) is 0 Å². The van der Waals surface area contributed by atoms with E-state index in [1.807, 2.05) is 0 Å². The maximum Gasteiger partial charge on any atom is 0.330 e. The van der Waals surface area contributed by atoms with Crippen LogP contribution in [0.5, 0.6) is 0 Å². The van der Waals surface area contributed by atoms with Crippen LogP contribution in [0, 0.1) is 0 Å². The van der Waals surface area contributed by atoms with Crippen molar-refractivity contribution in [2.24, 2.45) is 0 Å². The molecule has 0 bridgehead atoms. The Hall–Kier alpha value is -0.870. The fourth-order valence-electron chi connectivity index (χ4n) is 0.792. The molecule has 0 spiro atoms. The van der Waals surface area contributed by atoms with Crippen molar-refractivity contribution < 1.29 is 19.4 Å². The van der Waals surface area contributed by atoms with Gasteiger partial charge >= 0.3 is 5.97 Å². The molecule has 1 N–H and O–H groups in total. The first-order valence-corrected chi connectivity index (χ1v) is 4.71. The Morgan fingerprint density at radius 1 is 1.50 bits per heavy atom. The first kappa shape index (κ1) is 13.1. The van der Waals surface area contributed by atoms with Gasteiger partial charge in [-0.05, 0) is 19.8 Å². The van der Waals surface area contributed by atoms with E-state index in [0.29, 0.717) is 19.8 Å². The van der Waals surface area contributed by atoms with Crippen molar-refractivity contribution in [2.45, 2.75) is 25.9 Å². The summed E-state index contributed by atoms with van der Waals surface area (Å²) in [6.07, 6.45) is 2.30. The Kier molecular flexibility index (Phi) is 8.17. The van der Waals surface area contributed by atoms with Gasteiger partial charge in [0.1, 0.15) is 0 Å². The molecule has 82 valence electrons. The summed E-state index contributed by atoms with van der Waals surface area (Å²) in [5.74, 6) is -0.394. The van der Waals surface area contributed by atoms with E-state index in [0.717, 1.165) is 18.9 Å². The molecule has 1 unspecified atom stereocenters. The van der Waals surface area contributed by atoms with Crippen LogP contribution in [-0.2, 0) is 14.3 Å². The number of rotatable bonds is 8. The van der Waals surface area contributed by atoms with Gasteiger partial charge in [-0.25, -0.2) is 4.79 Å². The van der Waals surface area contributed by atoms with Crippen LogP contribution in [0.1, 0.15) is 19.8 Å². The molecule has 0 aromatic carbocycles. The standard InChI is InChI=1S/C10H18O4/c1-3-10(12)14-7-5-4-6-13-8-9(2)11/h3,9,11H,1,4-8H2,2H3. The number of ether oxygens (including phenoxy) is 2. The van der Waals surface area contributed by atoms with Crippen molar-refractivity contribution in [3.8, 4) is 0 Å². The van der Waals surface area contributed by atoms with E-state index in [4.69, 9.17) is 14.6 Å². The molecule has 1 atom stereocenters. The zero-order valence-electron chi connectivity index (χ0n) is 8.57. The molecule has 0 aliphatic rings. The molecule has 0 aromatic rings. The van der Waals surface area contributed by atoms with Crippen molar-refractivity contribution in [1.82, 2.24) is 0 Å². The number of carbonyl (C=O) groups is 1. The maximum atomic E-state index is 10.6. The van der Waals surface area contributed by atoms with Gasteiger partial charge in [0.25, 0.3) is 0 Å². The fourth-order valence-corrected chi connectivity index (χ4v) is 0.792. The minimum absolute atomic E-state index is 0.354. The summed E-state index contributed by atoms with van der Waals surface area (Å²) < 4.78 is 9.87. The summed E-state index contributed by atoms with van der Waals surface area (Å²) in [4.78, 5) is 10.6. The van der Waals surface area contributed by atoms with Gasteiger partial charge in [-0.2, -0.15) is 0 Å². The van der Waals surface area contributed by atoms with Gasteiger partial charge in [-0.3, -0.25) is 0 Å². The van der Waals surface area contributed by atoms with Crippen molar-refractivity contribution in [3.05, 3.63) is 12.7 Å². The van der Waals surface area contributed by atoms with Crippen LogP contribution < -0.4 is 0 Å². The van der Waals surface area contributed by atoms with Crippen LogP contribution >= 0.6 is 0 Å². The molecule has 0 amide bonds. The smallest absolute Gasteiger partial charge is 0.330 e. The van der Waals surface area contributed by atoms with Gasteiger partial charge in [-0.15, -0.1) is 0 Å². The highest BCUT2D eigenvalue weighted by Crippen LogP contribution is 1.93. The third-order valence-electron chi connectivity index (χ3n) is 1.45. The summed E-state index contributed by atoms with van der Waals surface area (Å²) in [7, 11) is 0. The Morgan fingerprint density at radius 3 is 2.71 bits per heavy atom. The average Bonchev–Trinajstić information content (AvgIpc) is 2.15. The Morgan fingerprint density at radius 2 is 2.14 bits per heavy atom.